The van der Waals surface area contributed by atoms with Crippen LogP contribution in [0.1, 0.15) is 11.1 Å². The molecule has 0 aliphatic rings. The van der Waals surface area contributed by atoms with Gasteiger partial charge in [-0.1, -0.05) is 73.8 Å². The van der Waals surface area contributed by atoms with Crippen molar-refractivity contribution in [3.8, 4) is 21.6 Å². The molecule has 0 aliphatic carbocycles. The molecule has 0 fully saturated rings. The van der Waals surface area contributed by atoms with Crippen LogP contribution < -0.4 is 0 Å². The third-order valence-electron chi connectivity index (χ3n) is 3.53. The Hall–Kier alpha value is -2.38. The van der Waals surface area contributed by atoms with E-state index in [1.807, 2.05) is 12.2 Å². The summed E-state index contributed by atoms with van der Waals surface area (Å²) in [5.74, 6) is 0. The highest BCUT2D eigenvalue weighted by atomic mass is 32.1. The van der Waals surface area contributed by atoms with Crippen molar-refractivity contribution in [2.75, 3.05) is 0 Å². The first kappa shape index (κ1) is 13.6. The lowest BCUT2D eigenvalue weighted by Gasteiger charge is -2.06. The van der Waals surface area contributed by atoms with E-state index in [0.29, 0.717) is 0 Å². The Kier molecular flexibility index (Phi) is 3.85. The molecule has 3 aromatic rings. The van der Waals surface area contributed by atoms with E-state index in [0.717, 1.165) is 11.1 Å². The molecule has 2 aromatic carbocycles. The van der Waals surface area contributed by atoms with Crippen LogP contribution in [0.5, 0.6) is 0 Å². The van der Waals surface area contributed by atoms with Gasteiger partial charge >= 0.3 is 0 Å². The summed E-state index contributed by atoms with van der Waals surface area (Å²) in [6, 6.07) is 19.2. The second-order valence-electron chi connectivity index (χ2n) is 4.82. The minimum absolute atomic E-state index is 1.14. The number of hydrogen-bond acceptors (Lipinski definition) is 1. The zero-order valence-corrected chi connectivity index (χ0v) is 12.6. The minimum atomic E-state index is 1.14. The molecule has 0 amide bonds. The highest BCUT2D eigenvalue weighted by Crippen LogP contribution is 2.37. The van der Waals surface area contributed by atoms with Gasteiger partial charge in [-0.2, -0.15) is 0 Å². The van der Waals surface area contributed by atoms with Crippen LogP contribution in [-0.2, 0) is 0 Å². The number of rotatable bonds is 4. The number of thiophene rings is 1. The Labute approximate surface area is 129 Å². The second kappa shape index (κ2) is 5.94. The third-order valence-corrected chi connectivity index (χ3v) is 4.49. The normalized spacial score (nSPS) is 10.3. The van der Waals surface area contributed by atoms with Crippen LogP contribution in [0.2, 0.25) is 0 Å². The van der Waals surface area contributed by atoms with Crippen molar-refractivity contribution in [2.45, 2.75) is 0 Å². The monoisotopic (exact) mass is 288 g/mol. The Balaban J connectivity index is 2.02. The zero-order valence-electron chi connectivity index (χ0n) is 11.8. The van der Waals surface area contributed by atoms with E-state index in [-0.39, 0.29) is 0 Å². The van der Waals surface area contributed by atoms with E-state index in [2.05, 4.69) is 73.1 Å². The third kappa shape index (κ3) is 2.74. The van der Waals surface area contributed by atoms with E-state index in [9.17, 15) is 0 Å². The van der Waals surface area contributed by atoms with Crippen molar-refractivity contribution in [2.24, 2.45) is 0 Å². The van der Waals surface area contributed by atoms with Crippen LogP contribution in [0.15, 0.2) is 73.1 Å². The average molecular weight is 288 g/mol. The second-order valence-corrected chi connectivity index (χ2v) is 5.73. The summed E-state index contributed by atoms with van der Waals surface area (Å²) in [4.78, 5) is 1.30. The van der Waals surface area contributed by atoms with Gasteiger partial charge in [0.05, 0.1) is 0 Å². The van der Waals surface area contributed by atoms with Crippen LogP contribution in [0, 0.1) is 0 Å². The molecule has 0 N–H and O–H groups in total. The van der Waals surface area contributed by atoms with Gasteiger partial charge < -0.3 is 0 Å². The molecule has 1 heteroatoms. The van der Waals surface area contributed by atoms with E-state index >= 15 is 0 Å². The summed E-state index contributed by atoms with van der Waals surface area (Å²) < 4.78 is 0. The lowest BCUT2D eigenvalue weighted by Crippen LogP contribution is -1.80. The fourth-order valence-corrected chi connectivity index (χ4v) is 3.25. The van der Waals surface area contributed by atoms with Crippen LogP contribution in [0.3, 0.4) is 0 Å². The van der Waals surface area contributed by atoms with Crippen molar-refractivity contribution in [1.29, 1.82) is 0 Å². The van der Waals surface area contributed by atoms with E-state index in [1.54, 1.807) is 11.3 Å². The van der Waals surface area contributed by atoms with Crippen LogP contribution >= 0.6 is 11.3 Å². The van der Waals surface area contributed by atoms with Gasteiger partial charge in [-0.05, 0) is 33.7 Å². The summed E-state index contributed by atoms with van der Waals surface area (Å²) in [6.45, 7) is 7.60. The van der Waals surface area contributed by atoms with Crippen LogP contribution in [0.4, 0.5) is 0 Å². The Morgan fingerprint density at radius 3 is 1.71 bits per heavy atom. The quantitative estimate of drug-likeness (QED) is 0.523. The van der Waals surface area contributed by atoms with Crippen molar-refractivity contribution < 1.29 is 0 Å². The molecule has 102 valence electrons. The summed E-state index contributed by atoms with van der Waals surface area (Å²) in [5, 5.41) is 2.15. The van der Waals surface area contributed by atoms with E-state index in [4.69, 9.17) is 0 Å². The molecule has 0 nitrogen and oxygen atoms in total. The first-order valence-electron chi connectivity index (χ1n) is 6.85. The maximum atomic E-state index is 3.80. The van der Waals surface area contributed by atoms with Crippen molar-refractivity contribution >= 4 is 23.5 Å². The Bertz CT molecular complexity index is 692. The fraction of sp³-hybridized carbons (Fsp3) is 0. The Morgan fingerprint density at radius 2 is 1.19 bits per heavy atom. The molecule has 1 aromatic heterocycles. The summed E-state index contributed by atoms with van der Waals surface area (Å²) in [5.41, 5.74) is 6.06. The standard InChI is InChI=1S/C20H16S/c1-3-15-5-9-17(10-6-15)19-13-14-21-20(19)18-11-7-16(4-2)8-12-18/h3-14H,1-2H2. The topological polar surface area (TPSA) is 0 Å². The van der Waals surface area contributed by atoms with Gasteiger partial charge in [0, 0.05) is 10.4 Å². The van der Waals surface area contributed by atoms with Crippen LogP contribution in [0.25, 0.3) is 33.7 Å². The van der Waals surface area contributed by atoms with Crippen molar-refractivity contribution in [3.63, 3.8) is 0 Å². The summed E-state index contributed by atoms with van der Waals surface area (Å²) in [7, 11) is 0. The molecule has 0 saturated heterocycles. The molecule has 0 atom stereocenters. The molecule has 0 saturated carbocycles. The number of hydrogen-bond donors (Lipinski definition) is 0. The molecule has 0 radical (unpaired) electrons. The van der Waals surface area contributed by atoms with Crippen LogP contribution in [-0.4, -0.2) is 0 Å². The summed E-state index contributed by atoms with van der Waals surface area (Å²) >= 11 is 1.77. The van der Waals surface area contributed by atoms with Gasteiger partial charge in [-0.25, -0.2) is 0 Å². The van der Waals surface area contributed by atoms with Gasteiger partial charge in [0.2, 0.25) is 0 Å². The minimum Gasteiger partial charge on any atom is -0.143 e. The molecule has 0 unspecified atom stereocenters. The largest absolute Gasteiger partial charge is 0.143 e. The highest BCUT2D eigenvalue weighted by molar-refractivity contribution is 7.14. The Morgan fingerprint density at radius 1 is 0.667 bits per heavy atom. The molecular formula is C20H16S. The van der Waals surface area contributed by atoms with Crippen molar-refractivity contribution in [1.82, 2.24) is 0 Å². The molecular weight excluding hydrogens is 272 g/mol. The predicted octanol–water partition coefficient (Wildman–Crippen LogP) is 6.37. The van der Waals surface area contributed by atoms with E-state index < -0.39 is 0 Å². The van der Waals surface area contributed by atoms with Gasteiger partial charge in [0.15, 0.2) is 0 Å². The molecule has 0 spiro atoms. The van der Waals surface area contributed by atoms with Gasteiger partial charge in [-0.15, -0.1) is 11.3 Å². The van der Waals surface area contributed by atoms with Gasteiger partial charge in [-0.3, -0.25) is 0 Å². The molecule has 21 heavy (non-hydrogen) atoms. The smallest absolute Gasteiger partial charge is 0.0421 e. The average Bonchev–Trinajstić information content (AvgIpc) is 3.04. The predicted molar refractivity (Wildman–Crippen MR) is 95.4 cm³/mol. The maximum Gasteiger partial charge on any atom is 0.0421 e. The van der Waals surface area contributed by atoms with Crippen molar-refractivity contribution in [3.05, 3.63) is 84.3 Å². The fourth-order valence-electron chi connectivity index (χ4n) is 2.33. The first-order chi connectivity index (χ1) is 10.3. The first-order valence-corrected chi connectivity index (χ1v) is 7.73. The lowest BCUT2D eigenvalue weighted by atomic mass is 10.0. The van der Waals surface area contributed by atoms with Gasteiger partial charge in [0.25, 0.3) is 0 Å². The molecule has 0 aliphatic heterocycles. The maximum absolute atomic E-state index is 3.80. The summed E-state index contributed by atoms with van der Waals surface area (Å²) in [6.07, 6.45) is 3.74. The molecule has 3 rings (SSSR count). The SMILES string of the molecule is C=Cc1ccc(-c2ccsc2-c2ccc(C=C)cc2)cc1. The number of benzene rings is 2. The molecule has 1 heterocycles. The zero-order chi connectivity index (χ0) is 14.7. The molecule has 0 bridgehead atoms. The van der Waals surface area contributed by atoms with Gasteiger partial charge in [0.1, 0.15) is 0 Å². The van der Waals surface area contributed by atoms with E-state index in [1.165, 1.54) is 21.6 Å². The highest BCUT2D eigenvalue weighted by Gasteiger charge is 2.08. The lowest BCUT2D eigenvalue weighted by molar-refractivity contribution is 1.62.